The number of rotatable bonds is 6. The number of hydrogen-bond donors (Lipinski definition) is 3. The van der Waals surface area contributed by atoms with Crippen LogP contribution in [-0.4, -0.2) is 16.1 Å². The number of nitrogens with zero attached hydrogens (tertiary/aromatic N) is 1. The Morgan fingerprint density at radius 3 is 2.52 bits per heavy atom. The number of anilines is 1. The highest BCUT2D eigenvalue weighted by Crippen LogP contribution is 2.45. The number of nitrogens with one attached hydrogen (secondary N) is 2. The molecule has 2 heterocycles. The number of hydrogen-bond acceptors (Lipinski definition) is 4. The Bertz CT molecular complexity index is 1230. The number of halogens is 1. The molecule has 166 valence electrons. The molecular formula is C27H24FN3O2. The molecular weight excluding hydrogens is 417 g/mol. The fourth-order valence-electron chi connectivity index (χ4n) is 4.47. The fourth-order valence-corrected chi connectivity index (χ4v) is 4.47. The van der Waals surface area contributed by atoms with E-state index in [0.29, 0.717) is 11.5 Å². The fraction of sp³-hybridized carbons (Fsp3) is 0.185. The quantitative estimate of drug-likeness (QED) is 0.331. The lowest BCUT2D eigenvalue weighted by molar-refractivity contribution is -0.131. The number of carbonyl (C=O) groups is 1. The summed E-state index contributed by atoms with van der Waals surface area (Å²) in [6.07, 6.45) is 8.49. The van der Waals surface area contributed by atoms with Gasteiger partial charge in [-0.2, -0.15) is 0 Å². The van der Waals surface area contributed by atoms with Crippen LogP contribution in [0, 0.1) is 5.92 Å². The van der Waals surface area contributed by atoms with Crippen molar-refractivity contribution in [1.82, 2.24) is 10.4 Å². The summed E-state index contributed by atoms with van der Waals surface area (Å²) in [6, 6.07) is 17.7. The zero-order chi connectivity index (χ0) is 22.8. The second-order valence-corrected chi connectivity index (χ2v) is 8.39. The van der Waals surface area contributed by atoms with Gasteiger partial charge in [-0.05, 0) is 76.4 Å². The maximum absolute atomic E-state index is 14.5. The summed E-state index contributed by atoms with van der Waals surface area (Å²) in [7, 11) is 0. The van der Waals surface area contributed by atoms with E-state index in [9.17, 15) is 9.18 Å². The van der Waals surface area contributed by atoms with E-state index in [-0.39, 0.29) is 0 Å². The Labute approximate surface area is 191 Å². The monoisotopic (exact) mass is 441 g/mol. The van der Waals surface area contributed by atoms with E-state index in [2.05, 4.69) is 21.9 Å². The summed E-state index contributed by atoms with van der Waals surface area (Å²) >= 11 is 0. The molecule has 3 aromatic rings. The molecule has 3 N–H and O–H groups in total. The predicted molar refractivity (Wildman–Crippen MR) is 128 cm³/mol. The van der Waals surface area contributed by atoms with E-state index in [1.807, 2.05) is 54.7 Å². The highest BCUT2D eigenvalue weighted by molar-refractivity contribution is 6.00. The van der Waals surface area contributed by atoms with Gasteiger partial charge in [0.05, 0.1) is 5.69 Å². The van der Waals surface area contributed by atoms with Crippen LogP contribution in [0.2, 0.25) is 0 Å². The molecule has 5 rings (SSSR count). The van der Waals surface area contributed by atoms with Crippen LogP contribution in [0.4, 0.5) is 10.1 Å². The van der Waals surface area contributed by atoms with Crippen LogP contribution < -0.4 is 10.9 Å². The Morgan fingerprint density at radius 1 is 1.06 bits per heavy atom. The number of carboxylic acid groups (broad SMARTS) is 1. The first-order valence-electron chi connectivity index (χ1n) is 11.1. The molecule has 1 aliphatic carbocycles. The summed E-state index contributed by atoms with van der Waals surface area (Å²) in [4.78, 5) is 15.2. The van der Waals surface area contributed by atoms with Gasteiger partial charge in [-0.3, -0.25) is 4.98 Å². The van der Waals surface area contributed by atoms with Gasteiger partial charge < -0.3 is 10.5 Å². The Kier molecular flexibility index (Phi) is 5.75. The summed E-state index contributed by atoms with van der Waals surface area (Å²) in [5.41, 5.74) is 12.9. The molecule has 1 atom stereocenters. The third-order valence-electron chi connectivity index (χ3n) is 6.32. The SMILES string of the molecule is O=C(O)/C=C/c1ccc(/C(=C(\c2cccnc2)C2CCC2)c2ccc3c(c2)C(F)NN3)cc1. The number of hydrazine groups is 1. The first-order chi connectivity index (χ1) is 16.1. The van der Waals surface area contributed by atoms with Crippen LogP contribution in [0.25, 0.3) is 17.2 Å². The van der Waals surface area contributed by atoms with E-state index < -0.39 is 12.3 Å². The number of aromatic nitrogens is 1. The zero-order valence-electron chi connectivity index (χ0n) is 18.0. The molecule has 0 amide bonds. The normalized spacial score (nSPS) is 18.4. The highest BCUT2D eigenvalue weighted by Gasteiger charge is 2.28. The summed E-state index contributed by atoms with van der Waals surface area (Å²) in [5.74, 6) is -0.578. The molecule has 0 saturated heterocycles. The minimum Gasteiger partial charge on any atom is -0.478 e. The van der Waals surface area contributed by atoms with Crippen molar-refractivity contribution in [3.05, 3.63) is 101 Å². The molecule has 2 aliphatic rings. The third-order valence-corrected chi connectivity index (χ3v) is 6.32. The number of carboxylic acids is 1. The lowest BCUT2D eigenvalue weighted by atomic mass is 9.73. The lowest BCUT2D eigenvalue weighted by Crippen LogP contribution is -2.15. The van der Waals surface area contributed by atoms with Crippen LogP contribution in [-0.2, 0) is 4.79 Å². The van der Waals surface area contributed by atoms with Crippen LogP contribution in [0.1, 0.15) is 53.4 Å². The number of benzene rings is 2. The van der Waals surface area contributed by atoms with Crippen molar-refractivity contribution >= 4 is 28.9 Å². The van der Waals surface area contributed by atoms with Crippen molar-refractivity contribution in [2.45, 2.75) is 25.6 Å². The predicted octanol–water partition coefficient (Wildman–Crippen LogP) is 5.84. The van der Waals surface area contributed by atoms with E-state index in [0.717, 1.165) is 52.4 Å². The Hall–Kier alpha value is -3.77. The third kappa shape index (κ3) is 4.30. The highest BCUT2D eigenvalue weighted by atomic mass is 19.1. The van der Waals surface area contributed by atoms with Crippen LogP contribution in [0.5, 0.6) is 0 Å². The van der Waals surface area contributed by atoms with Crippen LogP contribution in [0.3, 0.4) is 0 Å². The van der Waals surface area contributed by atoms with Crippen LogP contribution in [0.15, 0.2) is 73.1 Å². The van der Waals surface area contributed by atoms with Crippen molar-refractivity contribution in [3.8, 4) is 0 Å². The van der Waals surface area contributed by atoms with Gasteiger partial charge in [-0.15, -0.1) is 0 Å². The van der Waals surface area contributed by atoms with Gasteiger partial charge in [-0.1, -0.05) is 42.8 Å². The Morgan fingerprint density at radius 2 is 1.85 bits per heavy atom. The van der Waals surface area contributed by atoms with Crippen LogP contribution >= 0.6 is 0 Å². The van der Waals surface area contributed by atoms with Gasteiger partial charge in [0.2, 0.25) is 0 Å². The summed E-state index contributed by atoms with van der Waals surface area (Å²) in [5, 5.41) is 8.92. The van der Waals surface area contributed by atoms with Gasteiger partial charge in [0.25, 0.3) is 0 Å². The summed E-state index contributed by atoms with van der Waals surface area (Å²) in [6.45, 7) is 0. The number of allylic oxidation sites excluding steroid dienone is 1. The summed E-state index contributed by atoms with van der Waals surface area (Å²) < 4.78 is 14.5. The minimum atomic E-state index is -1.27. The number of pyridine rings is 1. The smallest absolute Gasteiger partial charge is 0.328 e. The second-order valence-electron chi connectivity index (χ2n) is 8.39. The molecule has 2 aromatic carbocycles. The molecule has 1 fully saturated rings. The molecule has 1 aliphatic heterocycles. The molecule has 33 heavy (non-hydrogen) atoms. The molecule has 0 bridgehead atoms. The number of alkyl halides is 1. The van der Waals surface area contributed by atoms with Gasteiger partial charge in [0, 0.05) is 24.0 Å². The van der Waals surface area contributed by atoms with Gasteiger partial charge in [-0.25, -0.2) is 14.6 Å². The maximum atomic E-state index is 14.5. The molecule has 5 nitrogen and oxygen atoms in total. The van der Waals surface area contributed by atoms with Gasteiger partial charge in [0.1, 0.15) is 0 Å². The lowest BCUT2D eigenvalue weighted by Gasteiger charge is -2.31. The van der Waals surface area contributed by atoms with Gasteiger partial charge >= 0.3 is 5.97 Å². The van der Waals surface area contributed by atoms with E-state index in [1.165, 1.54) is 12.0 Å². The molecule has 6 heteroatoms. The topological polar surface area (TPSA) is 74.2 Å². The average Bonchev–Trinajstić information content (AvgIpc) is 3.17. The Balaban J connectivity index is 1.69. The van der Waals surface area contributed by atoms with Crippen molar-refractivity contribution in [1.29, 1.82) is 0 Å². The first-order valence-corrected chi connectivity index (χ1v) is 11.1. The van der Waals surface area contributed by atoms with E-state index in [4.69, 9.17) is 5.11 Å². The molecule has 1 saturated carbocycles. The maximum Gasteiger partial charge on any atom is 0.328 e. The molecule has 1 aromatic heterocycles. The average molecular weight is 442 g/mol. The van der Waals surface area contributed by atoms with Crippen molar-refractivity contribution in [2.24, 2.45) is 5.92 Å². The largest absolute Gasteiger partial charge is 0.478 e. The number of aliphatic carboxylic acids is 1. The van der Waals surface area contributed by atoms with Crippen molar-refractivity contribution in [2.75, 3.05) is 5.43 Å². The van der Waals surface area contributed by atoms with E-state index >= 15 is 0 Å². The van der Waals surface area contributed by atoms with Crippen molar-refractivity contribution < 1.29 is 14.3 Å². The second kappa shape index (κ2) is 9.00. The van der Waals surface area contributed by atoms with Crippen molar-refractivity contribution in [3.63, 3.8) is 0 Å². The molecule has 0 radical (unpaired) electrons. The zero-order valence-corrected chi connectivity index (χ0v) is 18.0. The first kappa shape index (κ1) is 21.1. The standard InChI is InChI=1S/C27H24FN3O2/c28-27-22-15-20(11-12-23(22)30-31-27)25(19-9-6-17(7-10-19)8-13-24(32)33)26(18-3-1-4-18)21-5-2-14-29-16-21/h2,5-16,18,27,30-31H,1,3-4H2,(H,32,33)/b13-8+,26-25+. The van der Waals surface area contributed by atoms with E-state index in [1.54, 1.807) is 12.3 Å². The molecule has 0 spiro atoms. The number of fused-ring (bicyclic) bond motifs is 1. The van der Waals surface area contributed by atoms with Gasteiger partial charge in [0.15, 0.2) is 6.30 Å². The minimum absolute atomic E-state index is 0.404. The molecule has 1 unspecified atom stereocenters.